The predicted molar refractivity (Wildman–Crippen MR) is 87.2 cm³/mol. The predicted octanol–water partition coefficient (Wildman–Crippen LogP) is 5.79. The van der Waals surface area contributed by atoms with Gasteiger partial charge in [-0.1, -0.05) is 32.0 Å². The van der Waals surface area contributed by atoms with Crippen molar-refractivity contribution < 1.29 is 40.6 Å². The molecule has 154 valence electrons. The molecule has 28 heavy (non-hydrogen) atoms. The van der Waals surface area contributed by atoms with E-state index >= 15 is 0 Å². The lowest BCUT2D eigenvalue weighted by atomic mass is 9.73. The summed E-state index contributed by atoms with van der Waals surface area (Å²) < 4.78 is 91.9. The molecule has 10 heteroatoms. The number of hydrogen-bond acceptors (Lipinski definition) is 3. The van der Waals surface area contributed by atoms with Crippen LogP contribution in [0.2, 0.25) is 0 Å². The molecule has 0 spiro atoms. The van der Waals surface area contributed by atoms with Crippen LogP contribution in [0.25, 0.3) is 0 Å². The van der Waals surface area contributed by atoms with Crippen LogP contribution in [0, 0.1) is 5.41 Å². The second kappa shape index (κ2) is 6.89. The van der Waals surface area contributed by atoms with Crippen LogP contribution in [0.4, 0.5) is 36.4 Å². The van der Waals surface area contributed by atoms with Crippen molar-refractivity contribution in [2.24, 2.45) is 10.4 Å². The van der Waals surface area contributed by atoms with Gasteiger partial charge < -0.3 is 5.11 Å². The number of hydrogen-bond donors (Lipinski definition) is 1. The lowest BCUT2D eigenvalue weighted by Gasteiger charge is -2.33. The Kier molecular flexibility index (Phi) is 5.39. The number of aliphatic imine (C=N–C) groups is 1. The zero-order chi connectivity index (χ0) is 21.5. The molecule has 0 amide bonds. The molecule has 0 radical (unpaired) electrons. The quantitative estimate of drug-likeness (QED) is 0.389. The number of nitrogens with zero attached hydrogens (tertiary/aromatic N) is 1. The van der Waals surface area contributed by atoms with Crippen molar-refractivity contribution in [1.29, 1.82) is 0 Å². The summed E-state index contributed by atoms with van der Waals surface area (Å²) in [6, 6.07) is 7.47. The van der Waals surface area contributed by atoms with Crippen LogP contribution >= 0.6 is 0 Å². The van der Waals surface area contributed by atoms with E-state index in [1.54, 1.807) is 19.9 Å². The SMILES string of the molecule is CC1(C)CC(=O)/C(=C(/O)C(F)(F)C(F)(F)C(F)(F)F)C(=Nc2ccccc2)C1. The summed E-state index contributed by atoms with van der Waals surface area (Å²) in [5.41, 5.74) is -2.46. The van der Waals surface area contributed by atoms with Gasteiger partial charge in [-0.2, -0.15) is 30.7 Å². The molecule has 1 aromatic carbocycles. The van der Waals surface area contributed by atoms with E-state index in [1.165, 1.54) is 24.3 Å². The maximum absolute atomic E-state index is 14.0. The van der Waals surface area contributed by atoms with Gasteiger partial charge >= 0.3 is 18.0 Å². The van der Waals surface area contributed by atoms with E-state index in [2.05, 4.69) is 4.99 Å². The zero-order valence-corrected chi connectivity index (χ0v) is 14.7. The van der Waals surface area contributed by atoms with Crippen molar-refractivity contribution in [1.82, 2.24) is 0 Å². The lowest BCUT2D eigenvalue weighted by Crippen LogP contribution is -2.54. The molecule has 1 aromatic rings. The average Bonchev–Trinajstić information content (AvgIpc) is 2.52. The van der Waals surface area contributed by atoms with E-state index in [1.807, 2.05) is 0 Å². The first-order valence-electron chi connectivity index (χ1n) is 8.02. The number of carbonyl (C=O) groups is 1. The number of alkyl halides is 7. The number of para-hydroxylation sites is 1. The molecule has 1 aliphatic rings. The highest BCUT2D eigenvalue weighted by Gasteiger charge is 2.75. The van der Waals surface area contributed by atoms with E-state index in [0.717, 1.165) is 0 Å². The second-order valence-electron chi connectivity index (χ2n) is 7.21. The van der Waals surface area contributed by atoms with E-state index in [4.69, 9.17) is 0 Å². The first-order chi connectivity index (χ1) is 12.6. The molecule has 0 heterocycles. The normalized spacial score (nSPS) is 21.8. The first kappa shape index (κ1) is 21.9. The van der Waals surface area contributed by atoms with Gasteiger partial charge in [-0.25, -0.2) is 0 Å². The maximum Gasteiger partial charge on any atom is 0.460 e. The Bertz CT molecular complexity index is 824. The van der Waals surface area contributed by atoms with Gasteiger partial charge in [-0.05, 0) is 24.0 Å². The molecule has 0 unspecified atom stereocenters. The summed E-state index contributed by atoms with van der Waals surface area (Å²) in [6.45, 7) is 3.14. The molecular formula is C18H16F7NO2. The Hall–Kier alpha value is -2.39. The highest BCUT2D eigenvalue weighted by atomic mass is 19.4. The summed E-state index contributed by atoms with van der Waals surface area (Å²) in [7, 11) is 0. The Labute approximate surface area is 155 Å². The summed E-state index contributed by atoms with van der Waals surface area (Å²) in [6.07, 6.45) is -7.27. The van der Waals surface area contributed by atoms with E-state index < -0.39 is 52.7 Å². The molecule has 1 aliphatic carbocycles. The Morgan fingerprint density at radius 3 is 2.04 bits per heavy atom. The molecule has 1 saturated carbocycles. The van der Waals surface area contributed by atoms with Gasteiger partial charge in [0, 0.05) is 6.42 Å². The number of aliphatic hydroxyl groups excluding tert-OH is 1. The highest BCUT2D eigenvalue weighted by molar-refractivity contribution is 6.25. The Morgan fingerprint density at radius 1 is 1.00 bits per heavy atom. The summed E-state index contributed by atoms with van der Waals surface area (Å²) >= 11 is 0. The van der Waals surface area contributed by atoms with Crippen LogP contribution in [0.3, 0.4) is 0 Å². The number of halogens is 7. The standard InChI is InChI=1S/C18H16F7NO2/c1-15(2)8-11(26-10-6-4-3-5-7-10)13(12(27)9-15)14(28)16(19,20)17(21,22)18(23,24)25/h3-7,28H,8-9H2,1-2H3/b14-13+,26-11?. The van der Waals surface area contributed by atoms with Crippen LogP contribution in [-0.2, 0) is 4.79 Å². The third kappa shape index (κ3) is 3.90. The molecule has 0 saturated heterocycles. The third-order valence-corrected chi connectivity index (χ3v) is 4.16. The second-order valence-corrected chi connectivity index (χ2v) is 7.21. The van der Waals surface area contributed by atoms with E-state index in [-0.39, 0.29) is 12.1 Å². The first-order valence-corrected chi connectivity index (χ1v) is 8.02. The van der Waals surface area contributed by atoms with Gasteiger partial charge in [0.25, 0.3) is 0 Å². The molecule has 0 bridgehead atoms. The minimum atomic E-state index is -6.64. The molecule has 3 nitrogen and oxygen atoms in total. The summed E-state index contributed by atoms with van der Waals surface area (Å²) in [5.74, 6) is -16.5. The van der Waals surface area contributed by atoms with Crippen molar-refractivity contribution in [2.45, 2.75) is 44.7 Å². The fraction of sp³-hybridized carbons (Fsp3) is 0.444. The van der Waals surface area contributed by atoms with Gasteiger partial charge in [0.05, 0.1) is 17.0 Å². The molecule has 0 aliphatic heterocycles. The topological polar surface area (TPSA) is 49.7 Å². The van der Waals surface area contributed by atoms with Crippen molar-refractivity contribution in [3.63, 3.8) is 0 Å². The minimum absolute atomic E-state index is 0.152. The fourth-order valence-corrected chi connectivity index (χ4v) is 2.79. The van der Waals surface area contributed by atoms with Crippen molar-refractivity contribution in [3.05, 3.63) is 41.7 Å². The summed E-state index contributed by atoms with van der Waals surface area (Å²) in [4.78, 5) is 16.3. The number of allylic oxidation sites excluding steroid dienone is 2. The van der Waals surface area contributed by atoms with E-state index in [0.29, 0.717) is 0 Å². The average molecular weight is 411 g/mol. The smallest absolute Gasteiger partial charge is 0.460 e. The monoisotopic (exact) mass is 411 g/mol. The summed E-state index contributed by atoms with van der Waals surface area (Å²) in [5, 5.41) is 9.74. The van der Waals surface area contributed by atoms with Gasteiger partial charge in [0.2, 0.25) is 0 Å². The molecule has 0 atom stereocenters. The number of carbonyl (C=O) groups excluding carboxylic acids is 1. The molecule has 1 N–H and O–H groups in total. The van der Waals surface area contributed by atoms with Crippen molar-refractivity contribution >= 4 is 17.2 Å². The number of rotatable bonds is 3. The molecule has 1 fully saturated rings. The Morgan fingerprint density at radius 2 is 1.54 bits per heavy atom. The minimum Gasteiger partial charge on any atom is -0.506 e. The van der Waals surface area contributed by atoms with Gasteiger partial charge in [-0.3, -0.25) is 9.79 Å². The number of Topliss-reactive ketones (excluding diaryl/α,β-unsaturated/α-hetero) is 1. The molecular weight excluding hydrogens is 395 g/mol. The number of benzene rings is 1. The molecule has 0 aromatic heterocycles. The van der Waals surface area contributed by atoms with Crippen molar-refractivity contribution in [2.75, 3.05) is 0 Å². The zero-order valence-electron chi connectivity index (χ0n) is 14.7. The maximum atomic E-state index is 14.0. The Balaban J connectivity index is 2.69. The number of ketones is 1. The van der Waals surface area contributed by atoms with Gasteiger partial charge in [-0.15, -0.1) is 0 Å². The number of aliphatic hydroxyl groups is 1. The highest BCUT2D eigenvalue weighted by Crippen LogP contribution is 2.50. The van der Waals surface area contributed by atoms with E-state index in [9.17, 15) is 40.6 Å². The van der Waals surface area contributed by atoms with Gasteiger partial charge in [0.1, 0.15) is 0 Å². The fourth-order valence-electron chi connectivity index (χ4n) is 2.79. The largest absolute Gasteiger partial charge is 0.506 e. The van der Waals surface area contributed by atoms with Crippen molar-refractivity contribution in [3.8, 4) is 0 Å². The molecule has 2 rings (SSSR count). The van der Waals surface area contributed by atoms with Crippen LogP contribution < -0.4 is 0 Å². The van der Waals surface area contributed by atoms with Crippen LogP contribution in [0.15, 0.2) is 46.7 Å². The lowest BCUT2D eigenvalue weighted by molar-refractivity contribution is -0.349. The van der Waals surface area contributed by atoms with Crippen LogP contribution in [0.1, 0.15) is 26.7 Å². The third-order valence-electron chi connectivity index (χ3n) is 4.16. The van der Waals surface area contributed by atoms with Crippen LogP contribution in [-0.4, -0.2) is 34.6 Å². The van der Waals surface area contributed by atoms with Gasteiger partial charge in [0.15, 0.2) is 11.5 Å². The van der Waals surface area contributed by atoms with Crippen LogP contribution in [0.5, 0.6) is 0 Å².